The summed E-state index contributed by atoms with van der Waals surface area (Å²) in [4.78, 5) is 26.2. The first kappa shape index (κ1) is 18.5. The van der Waals surface area contributed by atoms with Gasteiger partial charge in [0.1, 0.15) is 12.7 Å². The van der Waals surface area contributed by atoms with Gasteiger partial charge < -0.3 is 14.0 Å². The molecule has 0 aliphatic carbocycles. The third-order valence-corrected chi connectivity index (χ3v) is 5.09. The van der Waals surface area contributed by atoms with Crippen LogP contribution in [0.25, 0.3) is 11.6 Å². The third kappa shape index (κ3) is 3.50. The van der Waals surface area contributed by atoms with E-state index >= 15 is 0 Å². The van der Waals surface area contributed by atoms with Gasteiger partial charge in [0.25, 0.3) is 0 Å². The zero-order valence-electron chi connectivity index (χ0n) is 15.9. The van der Waals surface area contributed by atoms with E-state index in [1.807, 2.05) is 59.1 Å². The Labute approximate surface area is 168 Å². The Bertz CT molecular complexity index is 1170. The summed E-state index contributed by atoms with van der Waals surface area (Å²) >= 11 is 0. The van der Waals surface area contributed by atoms with Crippen LogP contribution in [0.5, 0.6) is 0 Å². The van der Waals surface area contributed by atoms with Crippen LogP contribution in [-0.4, -0.2) is 21.2 Å². The predicted molar refractivity (Wildman–Crippen MR) is 107 cm³/mol. The highest BCUT2D eigenvalue weighted by Crippen LogP contribution is 2.33. The highest BCUT2D eigenvalue weighted by Gasteiger charge is 2.28. The maximum atomic E-state index is 12.6. The molecule has 0 spiro atoms. The standard InChI is InChI=1S/C23H19N3O3/c1-16(27)26-11-9-17-6-2-3-7-19(17)22(26)12-23(28)29-15-18-14-25-10-5-4-8-21(25)20(18)13-24/h2-11,14,22H,12,15H2,1H3/t22-/m0/s1. The molecule has 144 valence electrons. The summed E-state index contributed by atoms with van der Waals surface area (Å²) in [7, 11) is 0. The molecule has 29 heavy (non-hydrogen) atoms. The number of hydrogen-bond acceptors (Lipinski definition) is 4. The predicted octanol–water partition coefficient (Wildman–Crippen LogP) is 3.82. The first-order valence-electron chi connectivity index (χ1n) is 9.29. The Morgan fingerprint density at radius 3 is 2.76 bits per heavy atom. The first-order valence-corrected chi connectivity index (χ1v) is 9.29. The SMILES string of the molecule is CC(=O)N1C=Cc2ccccc2[C@@H]1CC(=O)OCc1cn2ccccc2c1C#N. The van der Waals surface area contributed by atoms with E-state index in [0.717, 1.165) is 16.6 Å². The molecule has 0 saturated carbocycles. The zero-order valence-corrected chi connectivity index (χ0v) is 15.9. The van der Waals surface area contributed by atoms with Gasteiger partial charge in [0.15, 0.2) is 0 Å². The van der Waals surface area contributed by atoms with Crippen molar-refractivity contribution in [1.82, 2.24) is 9.30 Å². The molecule has 0 radical (unpaired) electrons. The van der Waals surface area contributed by atoms with Gasteiger partial charge in [-0.15, -0.1) is 0 Å². The summed E-state index contributed by atoms with van der Waals surface area (Å²) in [5.74, 6) is -0.565. The summed E-state index contributed by atoms with van der Waals surface area (Å²) < 4.78 is 7.32. The monoisotopic (exact) mass is 385 g/mol. The van der Waals surface area contributed by atoms with Crippen molar-refractivity contribution >= 4 is 23.5 Å². The van der Waals surface area contributed by atoms with E-state index in [0.29, 0.717) is 11.1 Å². The second-order valence-electron chi connectivity index (χ2n) is 6.89. The van der Waals surface area contributed by atoms with Crippen molar-refractivity contribution in [3.63, 3.8) is 0 Å². The van der Waals surface area contributed by atoms with Crippen LogP contribution in [0.2, 0.25) is 0 Å². The Balaban J connectivity index is 1.52. The number of carbonyl (C=O) groups is 2. The van der Waals surface area contributed by atoms with E-state index in [2.05, 4.69) is 6.07 Å². The molecule has 0 bridgehead atoms. The molecular formula is C23H19N3O3. The second kappa shape index (κ2) is 7.64. The van der Waals surface area contributed by atoms with Gasteiger partial charge in [-0.25, -0.2) is 0 Å². The molecule has 0 N–H and O–H groups in total. The molecule has 6 nitrogen and oxygen atoms in total. The number of ether oxygens (including phenoxy) is 1. The van der Waals surface area contributed by atoms with Gasteiger partial charge >= 0.3 is 5.97 Å². The Morgan fingerprint density at radius 1 is 1.17 bits per heavy atom. The van der Waals surface area contributed by atoms with Crippen LogP contribution in [0.4, 0.5) is 0 Å². The molecule has 1 aliphatic heterocycles. The van der Waals surface area contributed by atoms with E-state index in [1.54, 1.807) is 17.3 Å². The largest absolute Gasteiger partial charge is 0.461 e. The average Bonchev–Trinajstić information content (AvgIpc) is 3.09. The first-order chi connectivity index (χ1) is 14.1. The summed E-state index contributed by atoms with van der Waals surface area (Å²) in [6.45, 7) is 1.48. The van der Waals surface area contributed by atoms with E-state index in [4.69, 9.17) is 4.74 Å². The van der Waals surface area contributed by atoms with Gasteiger partial charge in [-0.05, 0) is 29.3 Å². The van der Waals surface area contributed by atoms with Gasteiger partial charge in [0, 0.05) is 31.1 Å². The van der Waals surface area contributed by atoms with Crippen LogP contribution in [0.15, 0.2) is 61.1 Å². The van der Waals surface area contributed by atoms with Crippen LogP contribution in [0.3, 0.4) is 0 Å². The number of amides is 1. The lowest BCUT2D eigenvalue weighted by Gasteiger charge is -2.32. The maximum absolute atomic E-state index is 12.6. The molecule has 0 saturated heterocycles. The molecule has 1 amide bonds. The molecule has 1 aromatic carbocycles. The van der Waals surface area contributed by atoms with Crippen molar-refractivity contribution in [2.75, 3.05) is 0 Å². The number of fused-ring (bicyclic) bond motifs is 2. The quantitative estimate of drug-likeness (QED) is 0.640. The van der Waals surface area contributed by atoms with Crippen LogP contribution >= 0.6 is 0 Å². The minimum absolute atomic E-state index is 0.00762. The molecule has 4 rings (SSSR count). The van der Waals surface area contributed by atoms with Crippen LogP contribution in [0, 0.1) is 11.3 Å². The molecule has 6 heteroatoms. The number of esters is 1. The van der Waals surface area contributed by atoms with E-state index in [-0.39, 0.29) is 18.9 Å². The lowest BCUT2D eigenvalue weighted by Crippen LogP contribution is -2.32. The Hall–Kier alpha value is -3.85. The summed E-state index contributed by atoms with van der Waals surface area (Å²) in [5.41, 5.74) is 3.81. The average molecular weight is 385 g/mol. The van der Waals surface area contributed by atoms with Crippen molar-refractivity contribution in [2.24, 2.45) is 0 Å². The number of aromatic nitrogens is 1. The molecular weight excluding hydrogens is 366 g/mol. The molecule has 0 fully saturated rings. The minimum Gasteiger partial charge on any atom is -0.461 e. The fourth-order valence-corrected chi connectivity index (χ4v) is 3.70. The topological polar surface area (TPSA) is 74.8 Å². The maximum Gasteiger partial charge on any atom is 0.308 e. The highest BCUT2D eigenvalue weighted by atomic mass is 16.5. The number of benzene rings is 1. The molecule has 0 unspecified atom stereocenters. The van der Waals surface area contributed by atoms with Crippen LogP contribution < -0.4 is 0 Å². The van der Waals surface area contributed by atoms with E-state index in [1.165, 1.54) is 6.92 Å². The summed E-state index contributed by atoms with van der Waals surface area (Å²) in [6, 6.07) is 15.0. The van der Waals surface area contributed by atoms with Gasteiger partial charge in [-0.3, -0.25) is 9.59 Å². The third-order valence-electron chi connectivity index (χ3n) is 5.09. The number of pyridine rings is 1. The van der Waals surface area contributed by atoms with Crippen molar-refractivity contribution in [3.05, 3.63) is 83.3 Å². The van der Waals surface area contributed by atoms with Gasteiger partial charge in [-0.1, -0.05) is 30.3 Å². The van der Waals surface area contributed by atoms with Crippen molar-refractivity contribution in [2.45, 2.75) is 26.0 Å². The van der Waals surface area contributed by atoms with E-state index in [9.17, 15) is 14.9 Å². The number of carbonyl (C=O) groups excluding carboxylic acids is 2. The number of hydrogen-bond donors (Lipinski definition) is 0. The molecule has 3 heterocycles. The smallest absolute Gasteiger partial charge is 0.308 e. The fraction of sp³-hybridized carbons (Fsp3) is 0.174. The van der Waals surface area contributed by atoms with Crippen LogP contribution in [0.1, 0.15) is 41.6 Å². The number of rotatable bonds is 4. The second-order valence-corrected chi connectivity index (χ2v) is 6.89. The molecule has 1 aliphatic rings. The zero-order chi connectivity index (χ0) is 20.4. The highest BCUT2D eigenvalue weighted by molar-refractivity contribution is 5.80. The minimum atomic E-state index is -0.425. The van der Waals surface area contributed by atoms with Crippen molar-refractivity contribution in [3.8, 4) is 6.07 Å². The van der Waals surface area contributed by atoms with E-state index < -0.39 is 12.0 Å². The van der Waals surface area contributed by atoms with Crippen molar-refractivity contribution in [1.29, 1.82) is 5.26 Å². The van der Waals surface area contributed by atoms with Gasteiger partial charge in [0.05, 0.1) is 23.5 Å². The summed E-state index contributed by atoms with van der Waals surface area (Å²) in [5, 5.41) is 9.48. The fourth-order valence-electron chi connectivity index (χ4n) is 3.70. The van der Waals surface area contributed by atoms with Gasteiger partial charge in [-0.2, -0.15) is 5.26 Å². The normalized spacial score (nSPS) is 15.0. The van der Waals surface area contributed by atoms with Crippen molar-refractivity contribution < 1.29 is 14.3 Å². The van der Waals surface area contributed by atoms with Crippen LogP contribution in [-0.2, 0) is 20.9 Å². The lowest BCUT2D eigenvalue weighted by atomic mass is 9.94. The molecule has 1 atom stereocenters. The van der Waals surface area contributed by atoms with Gasteiger partial charge in [0.2, 0.25) is 5.91 Å². The summed E-state index contributed by atoms with van der Waals surface area (Å²) in [6.07, 6.45) is 7.25. The molecule has 2 aromatic heterocycles. The Morgan fingerprint density at radius 2 is 1.97 bits per heavy atom. The number of nitriles is 1. The Kier molecular flexibility index (Phi) is 4.88. The molecule has 3 aromatic rings. The number of nitrogens with zero attached hydrogens (tertiary/aromatic N) is 3. The lowest BCUT2D eigenvalue weighted by molar-refractivity contribution is -0.146.